The van der Waals surface area contributed by atoms with Crippen LogP contribution in [-0.4, -0.2) is 30.7 Å². The average Bonchev–Trinajstić information content (AvgIpc) is 2.78. The van der Waals surface area contributed by atoms with E-state index in [1.807, 2.05) is 87.5 Å². The molecule has 1 atom stereocenters. The first-order chi connectivity index (χ1) is 15.4. The lowest BCUT2D eigenvalue weighted by atomic mass is 10.0. The number of nitrogens with zero attached hydrogens (tertiary/aromatic N) is 1. The SMILES string of the molecule is Cc1ccccc1OCC(=O)N[C@@H](CC(C)C)C(=O)N/N=C\c1cccc2ccccc12. The topological polar surface area (TPSA) is 79.8 Å². The van der Waals surface area contributed by atoms with Gasteiger partial charge >= 0.3 is 0 Å². The van der Waals surface area contributed by atoms with Crippen LogP contribution < -0.4 is 15.5 Å². The number of hydrogen-bond donors (Lipinski definition) is 2. The molecule has 6 nitrogen and oxygen atoms in total. The zero-order valence-electron chi connectivity index (χ0n) is 18.7. The Morgan fingerprint density at radius 1 is 1.00 bits per heavy atom. The molecule has 32 heavy (non-hydrogen) atoms. The quantitative estimate of drug-likeness (QED) is 0.393. The van der Waals surface area contributed by atoms with Gasteiger partial charge in [-0.1, -0.05) is 74.5 Å². The molecule has 3 rings (SSSR count). The first kappa shape index (κ1) is 23.0. The van der Waals surface area contributed by atoms with Crippen molar-refractivity contribution in [3.8, 4) is 5.75 Å². The Kier molecular flexibility index (Phi) is 7.97. The normalized spacial score (nSPS) is 12.1. The third kappa shape index (κ3) is 6.41. The Morgan fingerprint density at radius 3 is 2.50 bits per heavy atom. The predicted octanol–water partition coefficient (Wildman–Crippen LogP) is 4.21. The van der Waals surface area contributed by atoms with Crippen LogP contribution in [0.15, 0.2) is 71.8 Å². The van der Waals surface area contributed by atoms with Crippen molar-refractivity contribution >= 4 is 28.8 Å². The van der Waals surface area contributed by atoms with Crippen molar-refractivity contribution in [3.05, 3.63) is 77.9 Å². The monoisotopic (exact) mass is 431 g/mol. The Morgan fingerprint density at radius 2 is 1.72 bits per heavy atom. The van der Waals surface area contributed by atoms with Gasteiger partial charge in [-0.05, 0) is 41.7 Å². The zero-order chi connectivity index (χ0) is 22.9. The van der Waals surface area contributed by atoms with Crippen molar-refractivity contribution in [2.75, 3.05) is 6.61 Å². The molecule has 0 heterocycles. The molecule has 0 aliphatic heterocycles. The Hall–Kier alpha value is -3.67. The van der Waals surface area contributed by atoms with Gasteiger partial charge in [0.15, 0.2) is 6.61 Å². The van der Waals surface area contributed by atoms with Crippen LogP contribution in [0.4, 0.5) is 0 Å². The molecule has 0 aromatic heterocycles. The summed E-state index contributed by atoms with van der Waals surface area (Å²) in [7, 11) is 0. The summed E-state index contributed by atoms with van der Waals surface area (Å²) < 4.78 is 5.59. The van der Waals surface area contributed by atoms with Gasteiger partial charge in [-0.15, -0.1) is 0 Å². The number of hydrogen-bond acceptors (Lipinski definition) is 4. The lowest BCUT2D eigenvalue weighted by molar-refractivity contribution is -0.130. The molecule has 3 aromatic rings. The molecule has 0 radical (unpaired) electrons. The molecular formula is C26H29N3O3. The number of nitrogens with one attached hydrogen (secondary N) is 2. The second kappa shape index (κ2) is 11.1. The summed E-state index contributed by atoms with van der Waals surface area (Å²) >= 11 is 0. The van der Waals surface area contributed by atoms with E-state index in [4.69, 9.17) is 4.74 Å². The zero-order valence-corrected chi connectivity index (χ0v) is 18.7. The Labute approximate surface area is 188 Å². The lowest BCUT2D eigenvalue weighted by Crippen LogP contribution is -2.47. The third-order valence-electron chi connectivity index (χ3n) is 5.01. The standard InChI is InChI=1S/C26H29N3O3/c1-18(2)15-23(28-25(30)17-32-24-14-7-4-9-19(24)3)26(31)29-27-16-21-12-8-11-20-10-5-6-13-22(20)21/h4-14,16,18,23H,15,17H2,1-3H3,(H,28,30)(H,29,31)/b27-16-/t23-/m0/s1. The highest BCUT2D eigenvalue weighted by atomic mass is 16.5. The maximum atomic E-state index is 12.7. The van der Waals surface area contributed by atoms with Crippen LogP contribution in [0.3, 0.4) is 0 Å². The number of para-hydroxylation sites is 1. The average molecular weight is 432 g/mol. The first-order valence-electron chi connectivity index (χ1n) is 10.7. The second-order valence-electron chi connectivity index (χ2n) is 8.11. The molecule has 2 N–H and O–H groups in total. The van der Waals surface area contributed by atoms with Crippen LogP contribution in [0.1, 0.15) is 31.4 Å². The van der Waals surface area contributed by atoms with Gasteiger partial charge in [0.25, 0.3) is 11.8 Å². The highest BCUT2D eigenvalue weighted by Gasteiger charge is 2.22. The van der Waals surface area contributed by atoms with Crippen molar-refractivity contribution in [1.82, 2.24) is 10.7 Å². The summed E-state index contributed by atoms with van der Waals surface area (Å²) in [5.74, 6) is 0.143. The fourth-order valence-electron chi connectivity index (χ4n) is 3.41. The molecule has 6 heteroatoms. The molecule has 0 aliphatic rings. The van der Waals surface area contributed by atoms with Crippen LogP contribution in [0, 0.1) is 12.8 Å². The number of fused-ring (bicyclic) bond motifs is 1. The minimum Gasteiger partial charge on any atom is -0.484 e. The van der Waals surface area contributed by atoms with Gasteiger partial charge < -0.3 is 10.1 Å². The van der Waals surface area contributed by atoms with Gasteiger partial charge in [-0.25, -0.2) is 5.43 Å². The number of ether oxygens (including phenoxy) is 1. The van der Waals surface area contributed by atoms with Crippen LogP contribution >= 0.6 is 0 Å². The largest absolute Gasteiger partial charge is 0.484 e. The van der Waals surface area contributed by atoms with Gasteiger partial charge in [0.1, 0.15) is 11.8 Å². The molecule has 0 saturated heterocycles. The predicted molar refractivity (Wildman–Crippen MR) is 128 cm³/mol. The van der Waals surface area contributed by atoms with Gasteiger partial charge in [0, 0.05) is 5.56 Å². The molecule has 2 amide bonds. The maximum Gasteiger partial charge on any atom is 0.262 e. The minimum atomic E-state index is -0.701. The molecule has 3 aromatic carbocycles. The summed E-state index contributed by atoms with van der Waals surface area (Å²) in [4.78, 5) is 25.1. The highest BCUT2D eigenvalue weighted by Crippen LogP contribution is 2.17. The maximum absolute atomic E-state index is 12.7. The van der Waals surface area contributed by atoms with E-state index in [1.165, 1.54) is 0 Å². The van der Waals surface area contributed by atoms with Gasteiger partial charge in [0.05, 0.1) is 6.21 Å². The smallest absolute Gasteiger partial charge is 0.262 e. The molecule has 0 spiro atoms. The molecule has 0 aliphatic carbocycles. The van der Waals surface area contributed by atoms with E-state index in [1.54, 1.807) is 6.21 Å². The van der Waals surface area contributed by atoms with Crippen molar-refractivity contribution in [3.63, 3.8) is 0 Å². The van der Waals surface area contributed by atoms with E-state index in [9.17, 15) is 9.59 Å². The van der Waals surface area contributed by atoms with Crippen molar-refractivity contribution in [2.24, 2.45) is 11.0 Å². The van der Waals surface area contributed by atoms with Gasteiger partial charge in [0.2, 0.25) is 0 Å². The van der Waals surface area contributed by atoms with E-state index in [0.29, 0.717) is 12.2 Å². The van der Waals surface area contributed by atoms with E-state index in [2.05, 4.69) is 15.8 Å². The number of hydrazone groups is 1. The number of rotatable bonds is 9. The van der Waals surface area contributed by atoms with E-state index in [0.717, 1.165) is 21.9 Å². The lowest BCUT2D eigenvalue weighted by Gasteiger charge is -2.19. The fraction of sp³-hybridized carbons (Fsp3) is 0.269. The fourth-order valence-corrected chi connectivity index (χ4v) is 3.41. The second-order valence-corrected chi connectivity index (χ2v) is 8.11. The first-order valence-corrected chi connectivity index (χ1v) is 10.7. The number of carbonyl (C=O) groups is 2. The van der Waals surface area contributed by atoms with E-state index >= 15 is 0 Å². The van der Waals surface area contributed by atoms with Crippen LogP contribution in [0.5, 0.6) is 5.75 Å². The van der Waals surface area contributed by atoms with Crippen molar-refractivity contribution in [1.29, 1.82) is 0 Å². The van der Waals surface area contributed by atoms with Gasteiger partial charge in [-0.2, -0.15) is 5.10 Å². The Bertz CT molecular complexity index is 1100. The summed E-state index contributed by atoms with van der Waals surface area (Å²) in [5.41, 5.74) is 4.41. The minimum absolute atomic E-state index is 0.161. The molecule has 0 saturated carbocycles. The summed E-state index contributed by atoms with van der Waals surface area (Å²) in [6, 6.07) is 20.7. The molecular weight excluding hydrogens is 402 g/mol. The van der Waals surface area contributed by atoms with E-state index < -0.39 is 6.04 Å². The Balaban J connectivity index is 1.60. The summed E-state index contributed by atoms with van der Waals surface area (Å²) in [6.45, 7) is 5.74. The van der Waals surface area contributed by atoms with Gasteiger partial charge in [-0.3, -0.25) is 9.59 Å². The van der Waals surface area contributed by atoms with Crippen molar-refractivity contribution < 1.29 is 14.3 Å². The van der Waals surface area contributed by atoms with Crippen LogP contribution in [0.25, 0.3) is 10.8 Å². The number of amides is 2. The summed E-state index contributed by atoms with van der Waals surface area (Å²) in [6.07, 6.45) is 2.11. The molecule has 0 unspecified atom stereocenters. The van der Waals surface area contributed by atoms with E-state index in [-0.39, 0.29) is 24.3 Å². The third-order valence-corrected chi connectivity index (χ3v) is 5.01. The number of aryl methyl sites for hydroxylation is 1. The number of benzene rings is 3. The highest BCUT2D eigenvalue weighted by molar-refractivity contribution is 6.00. The number of carbonyl (C=O) groups excluding carboxylic acids is 2. The van der Waals surface area contributed by atoms with Crippen molar-refractivity contribution in [2.45, 2.75) is 33.2 Å². The molecule has 166 valence electrons. The molecule has 0 fully saturated rings. The van der Waals surface area contributed by atoms with Crippen LogP contribution in [-0.2, 0) is 9.59 Å². The summed E-state index contributed by atoms with van der Waals surface area (Å²) in [5, 5.41) is 9.04. The molecule has 0 bridgehead atoms. The van der Waals surface area contributed by atoms with Crippen LogP contribution in [0.2, 0.25) is 0 Å².